The molecule has 0 saturated carbocycles. The maximum Gasteiger partial charge on any atom is 0.255 e. The van der Waals surface area contributed by atoms with Gasteiger partial charge in [-0.3, -0.25) is 4.79 Å². The molecule has 1 aliphatic heterocycles. The summed E-state index contributed by atoms with van der Waals surface area (Å²) < 4.78 is 11.6. The van der Waals surface area contributed by atoms with Crippen LogP contribution in [0.2, 0.25) is 5.02 Å². The molecule has 21 heavy (non-hydrogen) atoms. The lowest BCUT2D eigenvalue weighted by Crippen LogP contribution is -2.12. The predicted molar refractivity (Wildman–Crippen MR) is 89.4 cm³/mol. The van der Waals surface area contributed by atoms with E-state index in [4.69, 9.17) is 21.1 Å². The number of ether oxygens (including phenoxy) is 2. The Morgan fingerprint density at radius 2 is 2.10 bits per heavy atom. The monoisotopic (exact) mass is 415 g/mol. The van der Waals surface area contributed by atoms with Crippen LogP contribution in [0.4, 0.5) is 5.69 Å². The van der Waals surface area contributed by atoms with Gasteiger partial charge in [0.2, 0.25) is 6.79 Å². The first-order chi connectivity index (χ1) is 10.0. The number of carbonyl (C=O) groups excluding carboxylic acids is 1. The van der Waals surface area contributed by atoms with Gasteiger partial charge in [-0.2, -0.15) is 0 Å². The first-order valence-corrected chi connectivity index (χ1v) is 7.67. The lowest BCUT2D eigenvalue weighted by Gasteiger charge is -2.10. The van der Waals surface area contributed by atoms with E-state index in [0.29, 0.717) is 22.1 Å². The van der Waals surface area contributed by atoms with E-state index in [9.17, 15) is 4.79 Å². The standard InChI is InChI=1S/C15H11ClINO3/c1-8-4-10(17)2-3-12(8)18-15(19)9-5-11(16)14-13(6-9)20-7-21-14/h2-6H,7H2,1H3,(H,18,19). The van der Waals surface area contributed by atoms with E-state index in [1.165, 1.54) is 0 Å². The topological polar surface area (TPSA) is 47.6 Å². The molecule has 108 valence electrons. The molecule has 0 aromatic heterocycles. The molecule has 1 heterocycles. The van der Waals surface area contributed by atoms with Gasteiger partial charge < -0.3 is 14.8 Å². The van der Waals surface area contributed by atoms with Crippen molar-refractivity contribution in [2.75, 3.05) is 12.1 Å². The van der Waals surface area contributed by atoms with Crippen LogP contribution >= 0.6 is 34.2 Å². The summed E-state index contributed by atoms with van der Waals surface area (Å²) in [5.74, 6) is 0.741. The van der Waals surface area contributed by atoms with Crippen LogP contribution < -0.4 is 14.8 Å². The minimum Gasteiger partial charge on any atom is -0.454 e. The van der Waals surface area contributed by atoms with Gasteiger partial charge in [-0.25, -0.2) is 0 Å². The van der Waals surface area contributed by atoms with Crippen LogP contribution in [0.5, 0.6) is 11.5 Å². The SMILES string of the molecule is Cc1cc(I)ccc1NC(=O)c1cc(Cl)c2c(c1)OCO2. The molecule has 3 rings (SSSR count). The van der Waals surface area contributed by atoms with Gasteiger partial charge in [0, 0.05) is 14.8 Å². The molecule has 0 spiro atoms. The number of fused-ring (bicyclic) bond motifs is 1. The summed E-state index contributed by atoms with van der Waals surface area (Å²) in [7, 11) is 0. The second-order valence-corrected chi connectivity index (χ2v) is 6.26. The number of hydrogen-bond acceptors (Lipinski definition) is 3. The summed E-state index contributed by atoms with van der Waals surface area (Å²) in [4.78, 5) is 12.3. The molecule has 6 heteroatoms. The quantitative estimate of drug-likeness (QED) is 0.747. The van der Waals surface area contributed by atoms with Crippen LogP contribution in [0, 0.1) is 10.5 Å². The Morgan fingerprint density at radius 1 is 1.29 bits per heavy atom. The molecule has 2 aromatic carbocycles. The number of hydrogen-bond donors (Lipinski definition) is 1. The first kappa shape index (κ1) is 14.5. The van der Waals surface area contributed by atoms with Crippen LogP contribution in [-0.4, -0.2) is 12.7 Å². The van der Waals surface area contributed by atoms with Crippen LogP contribution in [0.25, 0.3) is 0 Å². The van der Waals surface area contributed by atoms with Crippen molar-refractivity contribution in [3.8, 4) is 11.5 Å². The third-order valence-corrected chi connectivity index (χ3v) is 4.08. The normalized spacial score (nSPS) is 12.3. The smallest absolute Gasteiger partial charge is 0.255 e. The highest BCUT2D eigenvalue weighted by Gasteiger charge is 2.20. The number of anilines is 1. The fourth-order valence-corrected chi connectivity index (χ4v) is 2.97. The Balaban J connectivity index is 1.87. The average Bonchev–Trinajstić information content (AvgIpc) is 2.90. The van der Waals surface area contributed by atoms with Gasteiger partial charge in [0.25, 0.3) is 5.91 Å². The molecule has 0 unspecified atom stereocenters. The Hall–Kier alpha value is -1.47. The zero-order valence-corrected chi connectivity index (χ0v) is 14.0. The van der Waals surface area contributed by atoms with Crippen molar-refractivity contribution in [1.82, 2.24) is 0 Å². The summed E-state index contributed by atoms with van der Waals surface area (Å²) in [5.41, 5.74) is 2.21. The zero-order chi connectivity index (χ0) is 15.0. The van der Waals surface area contributed by atoms with E-state index >= 15 is 0 Å². The largest absolute Gasteiger partial charge is 0.454 e. The minimum absolute atomic E-state index is 0.121. The van der Waals surface area contributed by atoms with Gasteiger partial charge in [-0.15, -0.1) is 0 Å². The first-order valence-electron chi connectivity index (χ1n) is 6.21. The minimum atomic E-state index is -0.237. The van der Waals surface area contributed by atoms with E-state index in [1.54, 1.807) is 12.1 Å². The van der Waals surface area contributed by atoms with E-state index in [1.807, 2.05) is 25.1 Å². The number of benzene rings is 2. The lowest BCUT2D eigenvalue weighted by molar-refractivity contribution is 0.102. The molecule has 0 aliphatic carbocycles. The van der Waals surface area contributed by atoms with Crippen molar-refractivity contribution in [3.05, 3.63) is 50.1 Å². The number of amides is 1. The lowest BCUT2D eigenvalue weighted by atomic mass is 10.1. The molecule has 1 N–H and O–H groups in total. The third-order valence-electron chi connectivity index (χ3n) is 3.13. The molecule has 0 radical (unpaired) electrons. The molecular weight excluding hydrogens is 405 g/mol. The van der Waals surface area contributed by atoms with E-state index in [2.05, 4.69) is 27.9 Å². The van der Waals surface area contributed by atoms with Gasteiger partial charge in [0.1, 0.15) is 0 Å². The van der Waals surface area contributed by atoms with Gasteiger partial charge in [0.05, 0.1) is 5.02 Å². The van der Waals surface area contributed by atoms with Crippen molar-refractivity contribution in [1.29, 1.82) is 0 Å². The van der Waals surface area contributed by atoms with Crippen molar-refractivity contribution in [2.24, 2.45) is 0 Å². The molecule has 1 aliphatic rings. The molecule has 0 saturated heterocycles. The van der Waals surface area contributed by atoms with E-state index in [-0.39, 0.29) is 12.7 Å². The summed E-state index contributed by atoms with van der Waals surface area (Å²) >= 11 is 8.32. The fourth-order valence-electron chi connectivity index (χ4n) is 2.06. The van der Waals surface area contributed by atoms with Gasteiger partial charge in [-0.05, 0) is 65.4 Å². The van der Waals surface area contributed by atoms with Crippen molar-refractivity contribution >= 4 is 45.8 Å². The third kappa shape index (κ3) is 2.94. The molecule has 0 fully saturated rings. The van der Waals surface area contributed by atoms with Crippen LogP contribution in [0.15, 0.2) is 30.3 Å². The van der Waals surface area contributed by atoms with E-state index in [0.717, 1.165) is 14.8 Å². The van der Waals surface area contributed by atoms with Crippen LogP contribution in [0.3, 0.4) is 0 Å². The fraction of sp³-hybridized carbons (Fsp3) is 0.133. The molecule has 4 nitrogen and oxygen atoms in total. The highest BCUT2D eigenvalue weighted by molar-refractivity contribution is 14.1. The Bertz CT molecular complexity index is 733. The van der Waals surface area contributed by atoms with Crippen molar-refractivity contribution < 1.29 is 14.3 Å². The molecule has 0 bridgehead atoms. The Morgan fingerprint density at radius 3 is 2.86 bits per heavy atom. The second-order valence-electron chi connectivity index (χ2n) is 4.61. The maximum absolute atomic E-state index is 12.3. The summed E-state index contributed by atoms with van der Waals surface area (Å²) in [6.45, 7) is 2.07. The number of halogens is 2. The van der Waals surface area contributed by atoms with Gasteiger partial charge in [0.15, 0.2) is 11.5 Å². The molecule has 1 amide bonds. The number of rotatable bonds is 2. The molecule has 2 aromatic rings. The summed E-state index contributed by atoms with van der Waals surface area (Å²) in [6.07, 6.45) is 0. The van der Waals surface area contributed by atoms with E-state index < -0.39 is 0 Å². The Labute approximate surface area is 140 Å². The van der Waals surface area contributed by atoms with Gasteiger partial charge in [-0.1, -0.05) is 11.6 Å². The zero-order valence-electron chi connectivity index (χ0n) is 11.1. The number of carbonyl (C=O) groups is 1. The molecular formula is C15H11ClINO3. The summed E-state index contributed by atoms with van der Waals surface area (Å²) in [5, 5.41) is 3.24. The van der Waals surface area contributed by atoms with Crippen molar-refractivity contribution in [2.45, 2.75) is 6.92 Å². The van der Waals surface area contributed by atoms with Crippen LogP contribution in [-0.2, 0) is 0 Å². The average molecular weight is 416 g/mol. The maximum atomic E-state index is 12.3. The Kier molecular flexibility index (Phi) is 3.95. The number of nitrogens with one attached hydrogen (secondary N) is 1. The summed E-state index contributed by atoms with van der Waals surface area (Å²) in [6, 6.07) is 9.03. The van der Waals surface area contributed by atoms with Crippen LogP contribution in [0.1, 0.15) is 15.9 Å². The van der Waals surface area contributed by atoms with Gasteiger partial charge >= 0.3 is 0 Å². The van der Waals surface area contributed by atoms with Crippen molar-refractivity contribution in [3.63, 3.8) is 0 Å². The number of aryl methyl sites for hydroxylation is 1. The highest BCUT2D eigenvalue weighted by atomic mass is 127. The molecule has 0 atom stereocenters. The highest BCUT2D eigenvalue weighted by Crippen LogP contribution is 2.39. The predicted octanol–water partition coefficient (Wildman–Crippen LogP) is 4.23. The second kappa shape index (κ2) is 5.73.